The lowest BCUT2D eigenvalue weighted by Crippen LogP contribution is -2.26. The lowest BCUT2D eigenvalue weighted by molar-refractivity contribution is -0.135. The van der Waals surface area contributed by atoms with E-state index in [1.807, 2.05) is 0 Å². The lowest BCUT2D eigenvalue weighted by Gasteiger charge is -2.09. The van der Waals surface area contributed by atoms with Crippen LogP contribution in [0.15, 0.2) is 22.7 Å². The highest BCUT2D eigenvalue weighted by atomic mass is 79.9. The summed E-state index contributed by atoms with van der Waals surface area (Å²) in [6.45, 7) is -0.154. The number of rotatable bonds is 4. The van der Waals surface area contributed by atoms with Crippen LogP contribution in [0, 0.1) is 5.82 Å². The standard InChI is InChI=1S/C11H10BrF4NO/c12-7-3-1-4-8(13)9(7)10(18)17-6-2-5-11(14,15)16/h1,3-4H,2,5-6H2,(H,17,18). The molecule has 0 heterocycles. The number of nitrogens with one attached hydrogen (secondary N) is 1. The second-order valence-corrected chi connectivity index (χ2v) is 4.43. The molecule has 0 saturated heterocycles. The van der Waals surface area contributed by atoms with E-state index in [2.05, 4.69) is 21.2 Å². The number of benzene rings is 1. The molecular formula is C11H10BrF4NO. The summed E-state index contributed by atoms with van der Waals surface area (Å²) < 4.78 is 49.1. The Balaban J connectivity index is 2.51. The molecule has 1 rings (SSSR count). The second kappa shape index (κ2) is 6.17. The van der Waals surface area contributed by atoms with Gasteiger partial charge in [0.25, 0.3) is 5.91 Å². The summed E-state index contributed by atoms with van der Waals surface area (Å²) in [7, 11) is 0. The molecule has 0 fully saturated rings. The van der Waals surface area contributed by atoms with Gasteiger partial charge in [0.15, 0.2) is 0 Å². The first kappa shape index (κ1) is 14.9. The van der Waals surface area contributed by atoms with E-state index < -0.39 is 24.3 Å². The fourth-order valence-corrected chi connectivity index (χ4v) is 1.82. The van der Waals surface area contributed by atoms with Crippen LogP contribution < -0.4 is 5.32 Å². The van der Waals surface area contributed by atoms with Crippen LogP contribution in [0.2, 0.25) is 0 Å². The molecule has 0 aliphatic carbocycles. The summed E-state index contributed by atoms with van der Waals surface area (Å²) >= 11 is 3.01. The number of hydrogen-bond acceptors (Lipinski definition) is 1. The van der Waals surface area contributed by atoms with Gasteiger partial charge in [-0.05, 0) is 34.5 Å². The van der Waals surface area contributed by atoms with E-state index in [1.165, 1.54) is 12.1 Å². The van der Waals surface area contributed by atoms with Crippen molar-refractivity contribution >= 4 is 21.8 Å². The van der Waals surface area contributed by atoms with Crippen molar-refractivity contribution in [3.05, 3.63) is 34.1 Å². The van der Waals surface area contributed by atoms with Crippen LogP contribution in [0.25, 0.3) is 0 Å². The minimum Gasteiger partial charge on any atom is -0.352 e. The Bertz CT molecular complexity index is 413. The van der Waals surface area contributed by atoms with Crippen molar-refractivity contribution < 1.29 is 22.4 Å². The maximum Gasteiger partial charge on any atom is 0.389 e. The molecule has 1 amide bonds. The van der Waals surface area contributed by atoms with Crippen molar-refractivity contribution in [2.24, 2.45) is 0 Å². The van der Waals surface area contributed by atoms with Gasteiger partial charge < -0.3 is 5.32 Å². The topological polar surface area (TPSA) is 29.1 Å². The molecule has 0 aromatic heterocycles. The smallest absolute Gasteiger partial charge is 0.352 e. The Hall–Kier alpha value is -1.11. The zero-order chi connectivity index (χ0) is 13.8. The summed E-state index contributed by atoms with van der Waals surface area (Å²) in [5.74, 6) is -1.46. The summed E-state index contributed by atoms with van der Waals surface area (Å²) in [6.07, 6.45) is -5.46. The molecule has 0 saturated carbocycles. The third-order valence-corrected chi connectivity index (χ3v) is 2.77. The first-order valence-electron chi connectivity index (χ1n) is 5.10. The van der Waals surface area contributed by atoms with Crippen LogP contribution in [0.3, 0.4) is 0 Å². The minimum atomic E-state index is -4.25. The molecule has 2 nitrogen and oxygen atoms in total. The van der Waals surface area contributed by atoms with Crippen LogP contribution in [-0.2, 0) is 0 Å². The molecule has 0 bridgehead atoms. The average molecular weight is 328 g/mol. The third kappa shape index (κ3) is 4.64. The predicted octanol–water partition coefficient (Wildman–Crippen LogP) is 3.66. The van der Waals surface area contributed by atoms with Gasteiger partial charge in [-0.3, -0.25) is 4.79 Å². The van der Waals surface area contributed by atoms with Gasteiger partial charge in [-0.2, -0.15) is 13.2 Å². The number of alkyl halides is 3. The Morgan fingerprint density at radius 3 is 2.56 bits per heavy atom. The van der Waals surface area contributed by atoms with E-state index in [-0.39, 0.29) is 23.0 Å². The Morgan fingerprint density at radius 1 is 1.33 bits per heavy atom. The molecule has 0 aliphatic heterocycles. The van der Waals surface area contributed by atoms with Crippen LogP contribution in [-0.4, -0.2) is 18.6 Å². The molecular weight excluding hydrogens is 318 g/mol. The summed E-state index contributed by atoms with van der Waals surface area (Å²) in [5.41, 5.74) is -0.204. The van der Waals surface area contributed by atoms with Crippen LogP contribution in [0.1, 0.15) is 23.2 Å². The monoisotopic (exact) mass is 327 g/mol. The first-order valence-corrected chi connectivity index (χ1v) is 5.89. The normalized spacial score (nSPS) is 11.4. The fourth-order valence-electron chi connectivity index (χ4n) is 1.29. The van der Waals surface area contributed by atoms with E-state index in [9.17, 15) is 22.4 Å². The third-order valence-electron chi connectivity index (χ3n) is 2.11. The highest BCUT2D eigenvalue weighted by Gasteiger charge is 2.26. The zero-order valence-electron chi connectivity index (χ0n) is 9.15. The highest BCUT2D eigenvalue weighted by molar-refractivity contribution is 9.10. The lowest BCUT2D eigenvalue weighted by atomic mass is 10.2. The first-order chi connectivity index (χ1) is 8.31. The van der Waals surface area contributed by atoms with Gasteiger partial charge >= 0.3 is 6.18 Å². The van der Waals surface area contributed by atoms with Crippen LogP contribution in [0.4, 0.5) is 17.6 Å². The molecule has 1 N–H and O–H groups in total. The predicted molar refractivity (Wildman–Crippen MR) is 61.7 cm³/mol. The van der Waals surface area contributed by atoms with Crippen molar-refractivity contribution in [2.45, 2.75) is 19.0 Å². The molecule has 0 spiro atoms. The number of amides is 1. The summed E-state index contributed by atoms with van der Waals surface area (Å²) in [5, 5.41) is 2.24. The Kier molecular flexibility index (Phi) is 5.13. The molecule has 7 heteroatoms. The van der Waals surface area contributed by atoms with E-state index in [0.717, 1.165) is 6.07 Å². The molecule has 0 unspecified atom stereocenters. The van der Waals surface area contributed by atoms with Crippen molar-refractivity contribution in [3.8, 4) is 0 Å². The van der Waals surface area contributed by atoms with Crippen molar-refractivity contribution in [1.82, 2.24) is 5.32 Å². The zero-order valence-corrected chi connectivity index (χ0v) is 10.7. The quantitative estimate of drug-likeness (QED) is 0.663. The SMILES string of the molecule is O=C(NCCCC(F)(F)F)c1c(F)cccc1Br. The summed E-state index contributed by atoms with van der Waals surface area (Å²) in [4.78, 5) is 11.5. The van der Waals surface area contributed by atoms with Crippen LogP contribution in [0.5, 0.6) is 0 Å². The van der Waals surface area contributed by atoms with Gasteiger partial charge in [0.05, 0.1) is 5.56 Å². The van der Waals surface area contributed by atoms with Gasteiger partial charge in [0, 0.05) is 17.4 Å². The summed E-state index contributed by atoms with van der Waals surface area (Å²) in [6, 6.07) is 4.00. The van der Waals surface area contributed by atoms with Crippen LogP contribution >= 0.6 is 15.9 Å². The average Bonchev–Trinajstić information content (AvgIpc) is 2.23. The molecule has 0 radical (unpaired) electrons. The van der Waals surface area contributed by atoms with Gasteiger partial charge in [-0.1, -0.05) is 6.07 Å². The van der Waals surface area contributed by atoms with Crippen molar-refractivity contribution in [3.63, 3.8) is 0 Å². The molecule has 1 aromatic rings. The molecule has 0 atom stereocenters. The largest absolute Gasteiger partial charge is 0.389 e. The van der Waals surface area contributed by atoms with Gasteiger partial charge in [0.1, 0.15) is 5.82 Å². The highest BCUT2D eigenvalue weighted by Crippen LogP contribution is 2.21. The second-order valence-electron chi connectivity index (χ2n) is 3.57. The van der Waals surface area contributed by atoms with Crippen molar-refractivity contribution in [1.29, 1.82) is 0 Å². The fraction of sp³-hybridized carbons (Fsp3) is 0.364. The molecule has 0 aliphatic rings. The van der Waals surface area contributed by atoms with E-state index in [4.69, 9.17) is 0 Å². The maximum absolute atomic E-state index is 13.3. The number of carbonyl (C=O) groups is 1. The van der Waals surface area contributed by atoms with E-state index in [0.29, 0.717) is 0 Å². The number of hydrogen-bond donors (Lipinski definition) is 1. The van der Waals surface area contributed by atoms with Gasteiger partial charge in [-0.15, -0.1) is 0 Å². The maximum atomic E-state index is 13.3. The molecule has 100 valence electrons. The van der Waals surface area contributed by atoms with Gasteiger partial charge in [0.2, 0.25) is 0 Å². The van der Waals surface area contributed by atoms with Gasteiger partial charge in [-0.25, -0.2) is 4.39 Å². The Labute approximate surface area is 109 Å². The molecule has 18 heavy (non-hydrogen) atoms. The number of carbonyl (C=O) groups excluding carboxylic acids is 1. The van der Waals surface area contributed by atoms with Crippen molar-refractivity contribution in [2.75, 3.05) is 6.54 Å². The Morgan fingerprint density at radius 2 is 2.00 bits per heavy atom. The van der Waals surface area contributed by atoms with E-state index >= 15 is 0 Å². The number of halogens is 5. The molecule has 1 aromatic carbocycles. The minimum absolute atomic E-state index is 0.154. The van der Waals surface area contributed by atoms with E-state index in [1.54, 1.807) is 0 Å².